The Hall–Kier alpha value is -1.68. The highest BCUT2D eigenvalue weighted by Crippen LogP contribution is 2.21. The molecule has 30 heavy (non-hydrogen) atoms. The van der Waals surface area contributed by atoms with Crippen molar-refractivity contribution in [3.8, 4) is 0 Å². The van der Waals surface area contributed by atoms with Gasteiger partial charge in [-0.15, -0.1) is 24.0 Å². The third kappa shape index (κ3) is 6.94. The van der Waals surface area contributed by atoms with Gasteiger partial charge in [-0.05, 0) is 63.0 Å². The summed E-state index contributed by atoms with van der Waals surface area (Å²) in [6.45, 7) is 6.06. The van der Waals surface area contributed by atoms with Gasteiger partial charge in [0.05, 0.1) is 12.7 Å². The molecule has 0 radical (unpaired) electrons. The lowest BCUT2D eigenvalue weighted by Crippen LogP contribution is -2.40. The van der Waals surface area contributed by atoms with E-state index in [1.165, 1.54) is 5.56 Å². The molecule has 0 bridgehead atoms. The quantitative estimate of drug-likeness (QED) is 0.341. The predicted octanol–water partition coefficient (Wildman–Crippen LogP) is 3.27. The zero-order valence-corrected chi connectivity index (χ0v) is 20.8. The summed E-state index contributed by atoms with van der Waals surface area (Å²) >= 11 is 0. The van der Waals surface area contributed by atoms with Crippen LogP contribution in [0.1, 0.15) is 30.0 Å². The molecule has 0 spiro atoms. The monoisotopic (exact) mass is 528 g/mol. The van der Waals surface area contributed by atoms with Crippen LogP contribution in [0.2, 0.25) is 0 Å². The van der Waals surface area contributed by atoms with Gasteiger partial charge >= 0.3 is 0 Å². The first-order valence-corrected chi connectivity index (χ1v) is 10.4. The summed E-state index contributed by atoms with van der Waals surface area (Å²) < 4.78 is 15.9. The van der Waals surface area contributed by atoms with Crippen molar-refractivity contribution in [3.63, 3.8) is 0 Å². The number of benzene rings is 1. The first-order chi connectivity index (χ1) is 13.9. The number of rotatable bonds is 7. The molecule has 1 N–H and O–H groups in total. The Morgan fingerprint density at radius 3 is 2.80 bits per heavy atom. The number of halogens is 2. The van der Waals surface area contributed by atoms with Crippen LogP contribution in [0.15, 0.2) is 35.6 Å². The number of aryl methyl sites for hydroxylation is 1. The second-order valence-corrected chi connectivity index (χ2v) is 8.16. The number of aromatic nitrogens is 2. The highest BCUT2D eigenvalue weighted by atomic mass is 127. The van der Waals surface area contributed by atoms with Crippen molar-refractivity contribution in [2.24, 2.45) is 18.0 Å². The van der Waals surface area contributed by atoms with E-state index in [1.807, 2.05) is 49.1 Å². The lowest BCUT2D eigenvalue weighted by Gasteiger charge is -2.21. The highest BCUT2D eigenvalue weighted by Gasteiger charge is 2.25. The van der Waals surface area contributed by atoms with Gasteiger partial charge in [-0.1, -0.05) is 6.07 Å². The number of aliphatic imine (C=N–C) groups is 1. The van der Waals surface area contributed by atoms with E-state index in [-0.39, 0.29) is 29.8 Å². The van der Waals surface area contributed by atoms with E-state index in [0.29, 0.717) is 24.6 Å². The fraction of sp³-hybridized carbons (Fsp3) is 0.545. The van der Waals surface area contributed by atoms with Crippen molar-refractivity contribution in [1.82, 2.24) is 24.9 Å². The Labute approximate surface area is 196 Å². The van der Waals surface area contributed by atoms with E-state index in [9.17, 15) is 4.39 Å². The van der Waals surface area contributed by atoms with Crippen molar-refractivity contribution in [1.29, 1.82) is 0 Å². The van der Waals surface area contributed by atoms with Crippen LogP contribution >= 0.6 is 24.0 Å². The van der Waals surface area contributed by atoms with Gasteiger partial charge in [-0.25, -0.2) is 9.38 Å². The largest absolute Gasteiger partial charge is 0.357 e. The number of hydrogen-bond donors (Lipinski definition) is 1. The number of guanidine groups is 1. The Kier molecular flexibility index (Phi) is 9.54. The van der Waals surface area contributed by atoms with Gasteiger partial charge in [-0.3, -0.25) is 4.68 Å². The normalized spacial score (nSPS) is 16.8. The van der Waals surface area contributed by atoms with Crippen molar-refractivity contribution in [3.05, 3.63) is 53.1 Å². The molecule has 1 unspecified atom stereocenters. The first kappa shape index (κ1) is 24.6. The molecule has 0 amide bonds. The summed E-state index contributed by atoms with van der Waals surface area (Å²) in [6, 6.07) is 5.31. The summed E-state index contributed by atoms with van der Waals surface area (Å²) in [4.78, 5) is 9.16. The molecule has 3 rings (SSSR count). The fourth-order valence-electron chi connectivity index (χ4n) is 3.88. The van der Waals surface area contributed by atoms with Gasteiger partial charge in [0.1, 0.15) is 5.82 Å². The van der Waals surface area contributed by atoms with Crippen LogP contribution in [0.3, 0.4) is 0 Å². The van der Waals surface area contributed by atoms with Gasteiger partial charge in [0.25, 0.3) is 0 Å². The highest BCUT2D eigenvalue weighted by molar-refractivity contribution is 14.0. The second-order valence-electron chi connectivity index (χ2n) is 8.16. The molecule has 1 fully saturated rings. The van der Waals surface area contributed by atoms with Crippen LogP contribution in [0.25, 0.3) is 0 Å². The van der Waals surface area contributed by atoms with Gasteiger partial charge < -0.3 is 15.1 Å². The minimum atomic E-state index is -0.156. The standard InChI is InChI=1S/C22H33FN6.HI/c1-5-24-22(25-12-17-6-7-21(23)20(11-17)16-27(2)3)29-9-8-18(15-29)10-19-13-26-28(4)14-19;/h6-7,11,13-14,18H,5,8-10,12,15-16H2,1-4H3,(H,24,25);1H. The van der Waals surface area contributed by atoms with Gasteiger partial charge in [0, 0.05) is 45.0 Å². The van der Waals surface area contributed by atoms with E-state index < -0.39 is 0 Å². The van der Waals surface area contributed by atoms with E-state index in [4.69, 9.17) is 4.99 Å². The van der Waals surface area contributed by atoms with Gasteiger partial charge in [0.15, 0.2) is 5.96 Å². The smallest absolute Gasteiger partial charge is 0.194 e. The number of nitrogens with zero attached hydrogens (tertiary/aromatic N) is 5. The summed E-state index contributed by atoms with van der Waals surface area (Å²) in [5.74, 6) is 1.40. The Morgan fingerprint density at radius 2 is 2.13 bits per heavy atom. The maximum Gasteiger partial charge on any atom is 0.194 e. The first-order valence-electron chi connectivity index (χ1n) is 10.4. The average Bonchev–Trinajstić information content (AvgIpc) is 3.30. The van der Waals surface area contributed by atoms with Crippen LogP contribution in [0.5, 0.6) is 0 Å². The lowest BCUT2D eigenvalue weighted by atomic mass is 10.0. The number of nitrogens with one attached hydrogen (secondary N) is 1. The third-order valence-corrected chi connectivity index (χ3v) is 5.21. The molecule has 6 nitrogen and oxygen atoms in total. The molecular weight excluding hydrogens is 494 g/mol. The Balaban J connectivity index is 0.00000320. The zero-order chi connectivity index (χ0) is 20.8. The molecule has 0 saturated carbocycles. The van der Waals surface area contributed by atoms with E-state index in [1.54, 1.807) is 6.07 Å². The van der Waals surface area contributed by atoms with Crippen LogP contribution in [0.4, 0.5) is 4.39 Å². The molecule has 1 aromatic carbocycles. The van der Waals surface area contributed by atoms with E-state index in [2.05, 4.69) is 28.4 Å². The molecule has 2 heterocycles. The van der Waals surface area contributed by atoms with Crippen LogP contribution in [-0.4, -0.2) is 59.3 Å². The van der Waals surface area contributed by atoms with Crippen LogP contribution in [0, 0.1) is 11.7 Å². The van der Waals surface area contributed by atoms with Gasteiger partial charge in [-0.2, -0.15) is 5.10 Å². The molecule has 1 aliphatic rings. The fourth-order valence-corrected chi connectivity index (χ4v) is 3.88. The molecule has 1 atom stereocenters. The molecular formula is C22H34FIN6. The van der Waals surface area contributed by atoms with Crippen molar-refractivity contribution in [2.75, 3.05) is 33.7 Å². The topological polar surface area (TPSA) is 48.7 Å². The lowest BCUT2D eigenvalue weighted by molar-refractivity contribution is 0.392. The Morgan fingerprint density at radius 1 is 1.33 bits per heavy atom. The minimum Gasteiger partial charge on any atom is -0.357 e. The zero-order valence-electron chi connectivity index (χ0n) is 18.4. The third-order valence-electron chi connectivity index (χ3n) is 5.21. The van der Waals surface area contributed by atoms with Crippen molar-refractivity contribution in [2.45, 2.75) is 32.9 Å². The number of likely N-dealkylation sites (tertiary alicyclic amines) is 1. The maximum absolute atomic E-state index is 14.0. The second kappa shape index (κ2) is 11.6. The van der Waals surface area contributed by atoms with E-state index >= 15 is 0 Å². The molecule has 1 aromatic heterocycles. The summed E-state index contributed by atoms with van der Waals surface area (Å²) in [7, 11) is 5.85. The number of hydrogen-bond acceptors (Lipinski definition) is 3. The minimum absolute atomic E-state index is 0. The molecule has 0 aliphatic carbocycles. The maximum atomic E-state index is 14.0. The molecule has 1 aliphatic heterocycles. The van der Waals surface area contributed by atoms with Crippen molar-refractivity contribution < 1.29 is 4.39 Å². The summed E-state index contributed by atoms with van der Waals surface area (Å²) in [5, 5.41) is 7.69. The average molecular weight is 528 g/mol. The molecule has 1 saturated heterocycles. The molecule has 2 aromatic rings. The molecule has 166 valence electrons. The van der Waals surface area contributed by atoms with Crippen molar-refractivity contribution >= 4 is 29.9 Å². The SMILES string of the molecule is CCNC(=NCc1ccc(F)c(CN(C)C)c1)N1CCC(Cc2cnn(C)c2)C1.I. The Bertz CT molecular complexity index is 835. The summed E-state index contributed by atoms with van der Waals surface area (Å²) in [6.07, 6.45) is 6.27. The predicted molar refractivity (Wildman–Crippen MR) is 131 cm³/mol. The van der Waals surface area contributed by atoms with Gasteiger partial charge in [0.2, 0.25) is 0 Å². The molecule has 8 heteroatoms. The van der Waals surface area contributed by atoms with E-state index in [0.717, 1.165) is 44.0 Å². The van der Waals surface area contributed by atoms with Crippen LogP contribution < -0.4 is 5.32 Å². The van der Waals surface area contributed by atoms with Crippen LogP contribution in [-0.2, 0) is 26.6 Å². The summed E-state index contributed by atoms with van der Waals surface area (Å²) in [5.41, 5.74) is 3.04.